The molecule has 8 nitrogen and oxygen atoms in total. The van der Waals surface area contributed by atoms with E-state index in [4.69, 9.17) is 0 Å². The lowest BCUT2D eigenvalue weighted by molar-refractivity contribution is -0.142. The predicted molar refractivity (Wildman–Crippen MR) is 126 cm³/mol. The van der Waals surface area contributed by atoms with Crippen LogP contribution in [-0.4, -0.2) is 69.2 Å². The number of pyridine rings is 2. The number of aliphatic hydroxyl groups is 1. The van der Waals surface area contributed by atoms with E-state index in [1.807, 2.05) is 25.3 Å². The summed E-state index contributed by atoms with van der Waals surface area (Å²) in [6, 6.07) is 3.92. The molecule has 2 aliphatic rings. The number of carboxylic acids is 1. The Morgan fingerprint density at radius 3 is 2.67 bits per heavy atom. The van der Waals surface area contributed by atoms with Crippen molar-refractivity contribution >= 4 is 28.5 Å². The van der Waals surface area contributed by atoms with Gasteiger partial charge in [-0.1, -0.05) is 12.8 Å². The molecule has 0 bridgehead atoms. The molecule has 1 aliphatic carbocycles. The molecule has 33 heavy (non-hydrogen) atoms. The van der Waals surface area contributed by atoms with Crippen molar-refractivity contribution in [2.24, 2.45) is 5.41 Å². The minimum atomic E-state index is -1.04. The number of anilines is 1. The molecule has 4 rings (SSSR count). The molecule has 1 saturated carbocycles. The molecule has 2 aromatic heterocycles. The number of hydrogen-bond donors (Lipinski definition) is 2. The fourth-order valence-corrected chi connectivity index (χ4v) is 5.74. The molecule has 1 amide bonds. The van der Waals surface area contributed by atoms with Crippen LogP contribution in [0.25, 0.3) is 10.9 Å². The van der Waals surface area contributed by atoms with Crippen LogP contribution in [0.4, 0.5) is 5.69 Å². The van der Waals surface area contributed by atoms with E-state index in [2.05, 4.69) is 14.9 Å². The Balaban J connectivity index is 1.47. The van der Waals surface area contributed by atoms with Crippen molar-refractivity contribution in [3.05, 3.63) is 30.2 Å². The summed E-state index contributed by atoms with van der Waals surface area (Å²) in [5.74, 6) is -0.929. The lowest BCUT2D eigenvalue weighted by Gasteiger charge is -2.43. The van der Waals surface area contributed by atoms with Gasteiger partial charge in [0.25, 0.3) is 0 Å². The second-order valence-corrected chi connectivity index (χ2v) is 10.1. The highest BCUT2D eigenvalue weighted by Gasteiger charge is 2.41. The van der Waals surface area contributed by atoms with E-state index in [9.17, 15) is 19.8 Å². The predicted octanol–water partition coefficient (Wildman–Crippen LogP) is 3.15. The third-order valence-electron chi connectivity index (χ3n) is 7.29. The SMILES string of the molecule is Cc1cc(N2CCCC(O)(CN(C)C(=O)CC3(CC(=O)O)CCCC3)C2)c2cnccc2n1. The van der Waals surface area contributed by atoms with Crippen molar-refractivity contribution in [2.45, 2.75) is 63.9 Å². The van der Waals surface area contributed by atoms with Gasteiger partial charge in [-0.25, -0.2) is 0 Å². The van der Waals surface area contributed by atoms with Crippen LogP contribution in [-0.2, 0) is 9.59 Å². The molecule has 0 radical (unpaired) electrons. The number of carboxylic acid groups (broad SMARTS) is 1. The molecule has 0 spiro atoms. The molecule has 2 fully saturated rings. The molecule has 1 saturated heterocycles. The smallest absolute Gasteiger partial charge is 0.303 e. The molecule has 0 aromatic carbocycles. The maximum atomic E-state index is 13.1. The lowest BCUT2D eigenvalue weighted by Crippen LogP contribution is -2.55. The van der Waals surface area contributed by atoms with Crippen molar-refractivity contribution in [3.8, 4) is 0 Å². The number of carbonyl (C=O) groups is 2. The second-order valence-electron chi connectivity index (χ2n) is 10.1. The maximum absolute atomic E-state index is 13.1. The van der Waals surface area contributed by atoms with E-state index < -0.39 is 17.0 Å². The van der Waals surface area contributed by atoms with E-state index in [0.29, 0.717) is 13.0 Å². The summed E-state index contributed by atoms with van der Waals surface area (Å²) in [6.07, 6.45) is 8.72. The Morgan fingerprint density at radius 2 is 1.94 bits per heavy atom. The van der Waals surface area contributed by atoms with Crippen LogP contribution in [0.2, 0.25) is 0 Å². The van der Waals surface area contributed by atoms with Crippen LogP contribution in [0, 0.1) is 12.3 Å². The van der Waals surface area contributed by atoms with E-state index in [1.165, 1.54) is 0 Å². The summed E-state index contributed by atoms with van der Waals surface area (Å²) in [6.45, 7) is 3.42. The summed E-state index contributed by atoms with van der Waals surface area (Å²) in [5, 5.41) is 21.8. The standard InChI is InChI=1S/C25H34N4O4/c1-18-12-21(19-15-26-10-6-20(19)27-18)29-11-5-9-25(33,17-29)16-28(2)22(30)13-24(14-23(31)32)7-3-4-8-24/h6,10,12,15,33H,3-5,7-9,11,13-14,16-17H2,1-2H3,(H,31,32). The minimum absolute atomic E-state index is 0.0349. The van der Waals surface area contributed by atoms with Crippen molar-refractivity contribution in [2.75, 3.05) is 31.6 Å². The molecular formula is C25H34N4O4. The monoisotopic (exact) mass is 454 g/mol. The van der Waals surface area contributed by atoms with Crippen LogP contribution >= 0.6 is 0 Å². The van der Waals surface area contributed by atoms with Crippen LogP contribution < -0.4 is 4.90 Å². The number of rotatable bonds is 7. The molecule has 178 valence electrons. The third kappa shape index (κ3) is 5.27. The molecule has 1 atom stereocenters. The van der Waals surface area contributed by atoms with Crippen molar-refractivity contribution in [3.63, 3.8) is 0 Å². The molecule has 1 unspecified atom stereocenters. The second kappa shape index (κ2) is 9.25. The fraction of sp³-hybridized carbons (Fsp3) is 0.600. The molecular weight excluding hydrogens is 420 g/mol. The Kier molecular flexibility index (Phi) is 6.56. The van der Waals surface area contributed by atoms with Gasteiger partial charge in [0.1, 0.15) is 0 Å². The van der Waals surface area contributed by atoms with Crippen LogP contribution in [0.3, 0.4) is 0 Å². The number of nitrogens with zero attached hydrogens (tertiary/aromatic N) is 4. The number of β-amino-alcohol motifs (C(OH)–C–C–N with tert-alkyl or cyclic N) is 1. The fourth-order valence-electron chi connectivity index (χ4n) is 5.74. The number of likely N-dealkylation sites (N-methyl/N-ethyl adjacent to an activating group) is 1. The van der Waals surface area contributed by atoms with Crippen LogP contribution in [0.1, 0.15) is 57.1 Å². The zero-order chi connectivity index (χ0) is 23.6. The van der Waals surface area contributed by atoms with Crippen LogP contribution in [0.5, 0.6) is 0 Å². The van der Waals surface area contributed by atoms with E-state index >= 15 is 0 Å². The number of carbonyl (C=O) groups excluding carboxylic acids is 1. The van der Waals surface area contributed by atoms with Gasteiger partial charge in [-0.2, -0.15) is 0 Å². The first kappa shape index (κ1) is 23.4. The summed E-state index contributed by atoms with van der Waals surface area (Å²) < 4.78 is 0. The zero-order valence-electron chi connectivity index (χ0n) is 19.6. The number of piperidine rings is 1. The quantitative estimate of drug-likeness (QED) is 0.662. The minimum Gasteiger partial charge on any atom is -0.481 e. The summed E-state index contributed by atoms with van der Waals surface area (Å²) in [5.41, 5.74) is 1.30. The van der Waals surface area contributed by atoms with Gasteiger partial charge in [0, 0.05) is 55.7 Å². The van der Waals surface area contributed by atoms with Crippen LogP contribution in [0.15, 0.2) is 24.5 Å². The Morgan fingerprint density at radius 1 is 1.18 bits per heavy atom. The lowest BCUT2D eigenvalue weighted by atomic mass is 9.79. The van der Waals surface area contributed by atoms with Gasteiger partial charge in [0.15, 0.2) is 0 Å². The number of fused-ring (bicyclic) bond motifs is 1. The highest BCUT2D eigenvalue weighted by atomic mass is 16.4. The first-order valence-electron chi connectivity index (χ1n) is 11.8. The molecule has 3 heterocycles. The highest BCUT2D eigenvalue weighted by molar-refractivity contribution is 5.91. The maximum Gasteiger partial charge on any atom is 0.303 e. The van der Waals surface area contributed by atoms with E-state index in [1.54, 1.807) is 18.1 Å². The highest BCUT2D eigenvalue weighted by Crippen LogP contribution is 2.44. The van der Waals surface area contributed by atoms with Gasteiger partial charge in [-0.3, -0.25) is 19.6 Å². The molecule has 2 aromatic rings. The Hall–Kier alpha value is -2.74. The Labute approximate surface area is 194 Å². The summed E-state index contributed by atoms with van der Waals surface area (Å²) >= 11 is 0. The molecule has 1 aliphatic heterocycles. The molecule has 2 N–H and O–H groups in total. The third-order valence-corrected chi connectivity index (χ3v) is 7.29. The van der Waals surface area contributed by atoms with Gasteiger partial charge in [0.2, 0.25) is 5.91 Å². The van der Waals surface area contributed by atoms with Gasteiger partial charge < -0.3 is 20.0 Å². The number of aryl methyl sites for hydroxylation is 1. The largest absolute Gasteiger partial charge is 0.481 e. The van der Waals surface area contributed by atoms with Crippen molar-refractivity contribution in [1.29, 1.82) is 0 Å². The summed E-state index contributed by atoms with van der Waals surface area (Å²) in [4.78, 5) is 37.1. The average Bonchev–Trinajstić information content (AvgIpc) is 3.19. The van der Waals surface area contributed by atoms with Gasteiger partial charge >= 0.3 is 5.97 Å². The molecule has 8 heteroatoms. The van der Waals surface area contributed by atoms with E-state index in [0.717, 1.165) is 60.9 Å². The van der Waals surface area contributed by atoms with Crippen molar-refractivity contribution < 1.29 is 19.8 Å². The Bertz CT molecular complexity index is 1040. The summed E-state index contributed by atoms with van der Waals surface area (Å²) in [7, 11) is 1.72. The number of amides is 1. The topological polar surface area (TPSA) is 107 Å². The number of aromatic nitrogens is 2. The van der Waals surface area contributed by atoms with Gasteiger partial charge in [-0.15, -0.1) is 0 Å². The first-order valence-corrected chi connectivity index (χ1v) is 11.8. The normalized spacial score (nSPS) is 22.5. The van der Waals surface area contributed by atoms with E-state index in [-0.39, 0.29) is 25.3 Å². The number of hydrogen-bond acceptors (Lipinski definition) is 6. The van der Waals surface area contributed by atoms with Gasteiger partial charge in [0.05, 0.1) is 24.1 Å². The number of aliphatic carboxylic acids is 1. The van der Waals surface area contributed by atoms with Gasteiger partial charge in [-0.05, 0) is 50.2 Å². The first-order chi connectivity index (χ1) is 15.7. The zero-order valence-corrected chi connectivity index (χ0v) is 19.6. The average molecular weight is 455 g/mol. The van der Waals surface area contributed by atoms with Crippen molar-refractivity contribution in [1.82, 2.24) is 14.9 Å².